The van der Waals surface area contributed by atoms with Gasteiger partial charge in [0.25, 0.3) is 15.9 Å². The largest absolute Gasteiger partial charge is 0.497 e. The summed E-state index contributed by atoms with van der Waals surface area (Å²) < 4.78 is 53.5. The molecule has 38 heavy (non-hydrogen) atoms. The Bertz CT molecular complexity index is 1600. The Morgan fingerprint density at radius 1 is 1.05 bits per heavy atom. The van der Waals surface area contributed by atoms with Gasteiger partial charge in [-0.15, -0.1) is 0 Å². The van der Waals surface area contributed by atoms with Crippen LogP contribution in [0, 0.1) is 26.6 Å². The van der Waals surface area contributed by atoms with Crippen molar-refractivity contribution in [2.24, 2.45) is 0 Å². The predicted octanol–water partition coefficient (Wildman–Crippen LogP) is 5.09. The summed E-state index contributed by atoms with van der Waals surface area (Å²) in [7, 11) is -3.03. The number of aromatic nitrogens is 1. The number of amides is 1. The standard InChI is InChI=1S/C28H25FN2O6S/c1-16-13-17(2)26(18(3)14-16)37-28-20(27(33)31-38(34,35)25-8-6-5-7-24(25)32)10-12-23(30-28)21-15-19(36-4)9-11-22(21)29/h5-6,8-15H,7H2,1-4H3,(H,31,33). The van der Waals surface area contributed by atoms with Crippen LogP contribution in [0.15, 0.2) is 65.6 Å². The Morgan fingerprint density at radius 2 is 1.76 bits per heavy atom. The Kier molecular flexibility index (Phi) is 7.45. The van der Waals surface area contributed by atoms with E-state index in [4.69, 9.17) is 9.47 Å². The molecule has 1 aliphatic rings. The van der Waals surface area contributed by atoms with E-state index in [-0.39, 0.29) is 29.1 Å². The molecule has 4 rings (SSSR count). The average Bonchev–Trinajstić information content (AvgIpc) is 2.86. The monoisotopic (exact) mass is 536 g/mol. The fourth-order valence-electron chi connectivity index (χ4n) is 4.09. The minimum absolute atomic E-state index is 0.0934. The van der Waals surface area contributed by atoms with E-state index >= 15 is 0 Å². The summed E-state index contributed by atoms with van der Waals surface area (Å²) in [6.45, 7) is 5.56. The zero-order chi connectivity index (χ0) is 27.6. The van der Waals surface area contributed by atoms with Crippen molar-refractivity contribution < 1.29 is 31.9 Å². The molecule has 10 heteroatoms. The van der Waals surface area contributed by atoms with Gasteiger partial charge in [0.2, 0.25) is 5.88 Å². The van der Waals surface area contributed by atoms with E-state index in [0.29, 0.717) is 11.5 Å². The SMILES string of the molecule is COc1ccc(F)c(-c2ccc(C(=O)NS(=O)(=O)C3=CC=CCC3=O)c(Oc3c(C)cc(C)cc3C)n2)c1. The molecule has 0 saturated carbocycles. The molecule has 0 radical (unpaired) electrons. The van der Waals surface area contributed by atoms with Gasteiger partial charge >= 0.3 is 0 Å². The number of methoxy groups -OCH3 is 1. The number of halogens is 1. The van der Waals surface area contributed by atoms with E-state index in [9.17, 15) is 22.4 Å². The first-order valence-corrected chi connectivity index (χ1v) is 13.1. The first-order valence-electron chi connectivity index (χ1n) is 11.6. The molecular weight excluding hydrogens is 511 g/mol. The molecule has 0 bridgehead atoms. The maximum atomic E-state index is 14.7. The van der Waals surface area contributed by atoms with Crippen molar-refractivity contribution in [1.82, 2.24) is 9.71 Å². The Hall–Kier alpha value is -4.31. The number of hydrogen-bond donors (Lipinski definition) is 1. The lowest BCUT2D eigenvalue weighted by atomic mass is 10.1. The van der Waals surface area contributed by atoms with Gasteiger partial charge in [0.1, 0.15) is 27.8 Å². The van der Waals surface area contributed by atoms with Gasteiger partial charge in [0, 0.05) is 12.0 Å². The number of benzene rings is 2. The second-order valence-corrected chi connectivity index (χ2v) is 10.4. The number of ether oxygens (including phenoxy) is 2. The van der Waals surface area contributed by atoms with Crippen LogP contribution in [0.4, 0.5) is 4.39 Å². The number of nitrogens with one attached hydrogen (secondary N) is 1. The summed E-state index contributed by atoms with van der Waals surface area (Å²) >= 11 is 0. The third-order valence-corrected chi connectivity index (χ3v) is 7.23. The molecule has 1 amide bonds. The maximum Gasteiger partial charge on any atom is 0.270 e. The smallest absolute Gasteiger partial charge is 0.270 e. The summed E-state index contributed by atoms with van der Waals surface area (Å²) in [6, 6.07) is 10.5. The van der Waals surface area contributed by atoms with Crippen molar-refractivity contribution in [3.8, 4) is 28.6 Å². The number of hydrogen-bond acceptors (Lipinski definition) is 7. The number of sulfonamides is 1. The van der Waals surface area contributed by atoms with Crippen LogP contribution in [-0.2, 0) is 14.8 Å². The van der Waals surface area contributed by atoms with E-state index < -0.39 is 32.4 Å². The highest BCUT2D eigenvalue weighted by Gasteiger charge is 2.29. The number of carbonyl (C=O) groups is 2. The molecule has 0 spiro atoms. The second kappa shape index (κ2) is 10.6. The molecule has 1 aliphatic carbocycles. The van der Waals surface area contributed by atoms with Crippen molar-refractivity contribution >= 4 is 21.7 Å². The van der Waals surface area contributed by atoms with Crippen molar-refractivity contribution in [3.63, 3.8) is 0 Å². The van der Waals surface area contributed by atoms with Gasteiger partial charge < -0.3 is 9.47 Å². The summed E-state index contributed by atoms with van der Waals surface area (Å²) in [5.41, 5.74) is 2.51. The molecule has 3 aromatic rings. The van der Waals surface area contributed by atoms with E-state index in [1.165, 1.54) is 49.6 Å². The Balaban J connectivity index is 1.81. The van der Waals surface area contributed by atoms with Crippen molar-refractivity contribution in [3.05, 3.63) is 93.7 Å². The molecule has 2 aromatic carbocycles. The van der Waals surface area contributed by atoms with Crippen molar-refractivity contribution in [2.75, 3.05) is 7.11 Å². The van der Waals surface area contributed by atoms with Gasteiger partial charge in [-0.25, -0.2) is 22.5 Å². The second-order valence-electron chi connectivity index (χ2n) is 8.75. The van der Waals surface area contributed by atoms with Gasteiger partial charge in [-0.1, -0.05) is 29.8 Å². The van der Waals surface area contributed by atoms with E-state index in [0.717, 1.165) is 22.8 Å². The number of Topliss-reactive ketones (excluding diaryl/α,β-unsaturated/α-hetero) is 1. The number of ketones is 1. The third-order valence-electron chi connectivity index (χ3n) is 5.84. The molecule has 196 valence electrons. The van der Waals surface area contributed by atoms with Gasteiger partial charge in [-0.3, -0.25) is 9.59 Å². The fraction of sp³-hybridized carbons (Fsp3) is 0.179. The van der Waals surface area contributed by atoms with Crippen molar-refractivity contribution in [2.45, 2.75) is 27.2 Å². The average molecular weight is 537 g/mol. The molecule has 0 atom stereocenters. The zero-order valence-corrected chi connectivity index (χ0v) is 22.0. The molecule has 1 heterocycles. The number of carbonyl (C=O) groups excluding carboxylic acids is 2. The number of nitrogens with zero attached hydrogens (tertiary/aromatic N) is 1. The number of allylic oxidation sites excluding steroid dienone is 4. The summed E-state index contributed by atoms with van der Waals surface area (Å²) in [5, 5.41) is 0. The zero-order valence-electron chi connectivity index (χ0n) is 21.2. The van der Waals surface area contributed by atoms with Crippen LogP contribution < -0.4 is 14.2 Å². The first kappa shape index (κ1) is 26.7. The molecule has 0 unspecified atom stereocenters. The normalized spacial score (nSPS) is 13.2. The van der Waals surface area contributed by atoms with Gasteiger partial charge in [0.15, 0.2) is 5.78 Å². The molecular formula is C28H25FN2O6S. The topological polar surface area (TPSA) is 112 Å². The highest BCUT2D eigenvalue weighted by atomic mass is 32.2. The van der Waals surface area contributed by atoms with Crippen LogP contribution in [-0.4, -0.2) is 32.2 Å². The minimum atomic E-state index is -4.47. The molecule has 0 saturated heterocycles. The molecule has 1 N–H and O–H groups in total. The maximum absolute atomic E-state index is 14.7. The van der Waals surface area contributed by atoms with E-state index in [1.54, 1.807) is 0 Å². The Labute approximate surface area is 219 Å². The molecule has 1 aromatic heterocycles. The van der Waals surface area contributed by atoms with Gasteiger partial charge in [0.05, 0.1) is 12.8 Å². The number of rotatable bonds is 7. The molecule has 0 aliphatic heterocycles. The minimum Gasteiger partial charge on any atom is -0.497 e. The predicted molar refractivity (Wildman–Crippen MR) is 140 cm³/mol. The molecule has 0 fully saturated rings. The third kappa shape index (κ3) is 5.50. The number of aryl methyl sites for hydroxylation is 3. The van der Waals surface area contributed by atoms with Crippen LogP contribution in [0.2, 0.25) is 0 Å². The molecule has 8 nitrogen and oxygen atoms in total. The lowest BCUT2D eigenvalue weighted by molar-refractivity contribution is -0.114. The van der Waals surface area contributed by atoms with Crippen molar-refractivity contribution in [1.29, 1.82) is 0 Å². The van der Waals surface area contributed by atoms with Crippen LogP contribution in [0.5, 0.6) is 17.4 Å². The highest BCUT2D eigenvalue weighted by molar-refractivity contribution is 7.95. The van der Waals surface area contributed by atoms with Crippen LogP contribution in [0.25, 0.3) is 11.3 Å². The van der Waals surface area contributed by atoms with Crippen LogP contribution >= 0.6 is 0 Å². The van der Waals surface area contributed by atoms with Gasteiger partial charge in [-0.2, -0.15) is 0 Å². The first-order chi connectivity index (χ1) is 18.0. The fourth-order valence-corrected chi connectivity index (χ4v) is 5.19. The summed E-state index contributed by atoms with van der Waals surface area (Å²) in [4.78, 5) is 29.2. The highest BCUT2D eigenvalue weighted by Crippen LogP contribution is 2.34. The summed E-state index contributed by atoms with van der Waals surface area (Å²) in [6.07, 6.45) is 3.98. The summed E-state index contributed by atoms with van der Waals surface area (Å²) in [5.74, 6) is -1.71. The van der Waals surface area contributed by atoms with Crippen LogP contribution in [0.3, 0.4) is 0 Å². The Morgan fingerprint density at radius 3 is 2.42 bits per heavy atom. The van der Waals surface area contributed by atoms with Crippen LogP contribution in [0.1, 0.15) is 33.5 Å². The van der Waals surface area contributed by atoms with Gasteiger partial charge in [-0.05, 0) is 68.3 Å². The lowest BCUT2D eigenvalue weighted by Crippen LogP contribution is -2.34. The van der Waals surface area contributed by atoms with E-state index in [2.05, 4.69) is 4.98 Å². The van der Waals surface area contributed by atoms with E-state index in [1.807, 2.05) is 37.6 Å². The lowest BCUT2D eigenvalue weighted by Gasteiger charge is -2.16. The quantitative estimate of drug-likeness (QED) is 0.448. The number of pyridine rings is 1.